The standard InChI is InChI=1S/C14H18N2O4/c17-13(18)11-5-3-10(4-6-11)8-15-14(19)16-12-2-1-7-20-9-12/h3-6,12H,1-2,7-9H2,(H,17,18)(H2,15,16,19)/t12-/m1/s1. The van der Waals surface area contributed by atoms with Gasteiger partial charge in [0.1, 0.15) is 0 Å². The van der Waals surface area contributed by atoms with Crippen LogP contribution in [-0.2, 0) is 11.3 Å². The number of carboxylic acid groups (broad SMARTS) is 1. The number of benzene rings is 1. The summed E-state index contributed by atoms with van der Waals surface area (Å²) in [5, 5.41) is 14.4. The van der Waals surface area contributed by atoms with Gasteiger partial charge in [-0.1, -0.05) is 12.1 Å². The zero-order chi connectivity index (χ0) is 14.4. The first kappa shape index (κ1) is 14.3. The Bertz CT molecular complexity index is 467. The quantitative estimate of drug-likeness (QED) is 0.776. The lowest BCUT2D eigenvalue weighted by atomic mass is 10.1. The number of aromatic carboxylic acids is 1. The highest BCUT2D eigenvalue weighted by Crippen LogP contribution is 2.06. The number of hydrogen-bond donors (Lipinski definition) is 3. The number of ether oxygens (including phenoxy) is 1. The van der Waals surface area contributed by atoms with Crippen LogP contribution >= 0.6 is 0 Å². The van der Waals surface area contributed by atoms with Crippen molar-refractivity contribution in [2.75, 3.05) is 13.2 Å². The van der Waals surface area contributed by atoms with Crippen LogP contribution in [0.3, 0.4) is 0 Å². The van der Waals surface area contributed by atoms with Crippen molar-refractivity contribution in [3.8, 4) is 0 Å². The maximum absolute atomic E-state index is 11.7. The van der Waals surface area contributed by atoms with Crippen molar-refractivity contribution >= 4 is 12.0 Å². The summed E-state index contributed by atoms with van der Waals surface area (Å²) in [5.41, 5.74) is 1.09. The highest BCUT2D eigenvalue weighted by atomic mass is 16.5. The molecule has 1 atom stereocenters. The lowest BCUT2D eigenvalue weighted by Crippen LogP contribution is -2.45. The Balaban J connectivity index is 1.76. The van der Waals surface area contributed by atoms with Crippen LogP contribution in [0, 0.1) is 0 Å². The lowest BCUT2D eigenvalue weighted by molar-refractivity contribution is 0.0697. The smallest absolute Gasteiger partial charge is 0.335 e. The van der Waals surface area contributed by atoms with Gasteiger partial charge in [-0.2, -0.15) is 0 Å². The number of hydrogen-bond acceptors (Lipinski definition) is 3. The molecule has 1 aromatic carbocycles. The van der Waals surface area contributed by atoms with E-state index in [2.05, 4.69) is 10.6 Å². The van der Waals surface area contributed by atoms with Crippen LogP contribution in [0.15, 0.2) is 24.3 Å². The highest BCUT2D eigenvalue weighted by Gasteiger charge is 2.15. The SMILES string of the molecule is O=C(NCc1ccc(C(=O)O)cc1)N[C@@H]1CCCOC1. The van der Waals surface area contributed by atoms with Crippen LogP contribution < -0.4 is 10.6 Å². The molecule has 108 valence electrons. The van der Waals surface area contributed by atoms with E-state index in [1.807, 2.05) is 0 Å². The van der Waals surface area contributed by atoms with E-state index >= 15 is 0 Å². The molecule has 1 aromatic rings. The van der Waals surface area contributed by atoms with Gasteiger partial charge in [-0.05, 0) is 30.5 Å². The van der Waals surface area contributed by atoms with Crippen molar-refractivity contribution in [1.29, 1.82) is 0 Å². The molecular weight excluding hydrogens is 260 g/mol. The van der Waals surface area contributed by atoms with E-state index in [1.54, 1.807) is 12.1 Å². The van der Waals surface area contributed by atoms with Crippen LogP contribution in [0.2, 0.25) is 0 Å². The van der Waals surface area contributed by atoms with Crippen molar-refractivity contribution in [1.82, 2.24) is 10.6 Å². The summed E-state index contributed by atoms with van der Waals surface area (Å²) >= 11 is 0. The molecule has 0 aliphatic carbocycles. The summed E-state index contributed by atoms with van der Waals surface area (Å²) in [6.45, 7) is 1.68. The monoisotopic (exact) mass is 278 g/mol. The minimum absolute atomic E-state index is 0.0677. The summed E-state index contributed by atoms with van der Waals surface area (Å²) in [6.07, 6.45) is 1.89. The molecule has 1 saturated heterocycles. The molecule has 0 saturated carbocycles. The van der Waals surface area contributed by atoms with Gasteiger partial charge >= 0.3 is 12.0 Å². The topological polar surface area (TPSA) is 87.7 Å². The predicted molar refractivity (Wildman–Crippen MR) is 72.6 cm³/mol. The molecule has 3 N–H and O–H groups in total. The molecule has 0 bridgehead atoms. The van der Waals surface area contributed by atoms with Gasteiger partial charge in [0.25, 0.3) is 0 Å². The number of rotatable bonds is 4. The number of amides is 2. The fraction of sp³-hybridized carbons (Fsp3) is 0.429. The van der Waals surface area contributed by atoms with E-state index in [4.69, 9.17) is 9.84 Å². The zero-order valence-electron chi connectivity index (χ0n) is 11.1. The number of nitrogens with one attached hydrogen (secondary N) is 2. The Labute approximate surface area is 117 Å². The van der Waals surface area contributed by atoms with Gasteiger partial charge in [-0.15, -0.1) is 0 Å². The summed E-state index contributed by atoms with van der Waals surface area (Å²) in [4.78, 5) is 22.4. The van der Waals surface area contributed by atoms with Gasteiger partial charge in [-0.3, -0.25) is 0 Å². The highest BCUT2D eigenvalue weighted by molar-refractivity contribution is 5.87. The first-order valence-electron chi connectivity index (χ1n) is 6.59. The molecule has 1 aliphatic heterocycles. The van der Waals surface area contributed by atoms with Gasteiger partial charge in [-0.25, -0.2) is 9.59 Å². The molecule has 0 aromatic heterocycles. The van der Waals surface area contributed by atoms with Crippen LogP contribution in [-0.4, -0.2) is 36.4 Å². The first-order valence-corrected chi connectivity index (χ1v) is 6.59. The summed E-state index contributed by atoms with van der Waals surface area (Å²) in [6, 6.07) is 6.25. The lowest BCUT2D eigenvalue weighted by Gasteiger charge is -2.23. The van der Waals surface area contributed by atoms with E-state index in [-0.39, 0.29) is 17.6 Å². The van der Waals surface area contributed by atoms with E-state index in [9.17, 15) is 9.59 Å². The van der Waals surface area contributed by atoms with Gasteiger partial charge in [0, 0.05) is 13.2 Å². The van der Waals surface area contributed by atoms with Crippen molar-refractivity contribution in [3.63, 3.8) is 0 Å². The minimum Gasteiger partial charge on any atom is -0.478 e. The zero-order valence-corrected chi connectivity index (χ0v) is 11.1. The molecule has 0 radical (unpaired) electrons. The molecule has 1 heterocycles. The normalized spacial score (nSPS) is 18.3. The third-order valence-electron chi connectivity index (χ3n) is 3.15. The average Bonchev–Trinajstić information content (AvgIpc) is 2.46. The third-order valence-corrected chi connectivity index (χ3v) is 3.15. The molecule has 1 aliphatic rings. The number of carbonyl (C=O) groups is 2. The Hall–Kier alpha value is -2.08. The molecule has 6 nitrogen and oxygen atoms in total. The van der Waals surface area contributed by atoms with Crippen molar-refractivity contribution in [2.45, 2.75) is 25.4 Å². The number of urea groups is 1. The minimum atomic E-state index is -0.959. The first-order chi connectivity index (χ1) is 9.65. The van der Waals surface area contributed by atoms with Gasteiger partial charge in [0.15, 0.2) is 0 Å². The molecule has 0 unspecified atom stereocenters. The molecule has 2 rings (SSSR count). The van der Waals surface area contributed by atoms with Crippen LogP contribution in [0.4, 0.5) is 4.79 Å². The van der Waals surface area contributed by atoms with E-state index in [0.29, 0.717) is 13.2 Å². The maximum Gasteiger partial charge on any atom is 0.335 e. The van der Waals surface area contributed by atoms with Gasteiger partial charge < -0.3 is 20.5 Å². The summed E-state index contributed by atoms with van der Waals surface area (Å²) < 4.78 is 5.28. The van der Waals surface area contributed by atoms with E-state index in [1.165, 1.54) is 12.1 Å². The summed E-state index contributed by atoms with van der Waals surface area (Å²) in [7, 11) is 0. The molecule has 6 heteroatoms. The Morgan fingerprint density at radius 3 is 2.65 bits per heavy atom. The fourth-order valence-electron chi connectivity index (χ4n) is 2.04. The summed E-state index contributed by atoms with van der Waals surface area (Å²) in [5.74, 6) is -0.959. The second-order valence-corrected chi connectivity index (χ2v) is 4.74. The fourth-order valence-corrected chi connectivity index (χ4v) is 2.04. The Morgan fingerprint density at radius 1 is 1.30 bits per heavy atom. The maximum atomic E-state index is 11.7. The van der Waals surface area contributed by atoms with Crippen molar-refractivity contribution in [2.24, 2.45) is 0 Å². The van der Waals surface area contributed by atoms with E-state index in [0.717, 1.165) is 25.0 Å². The molecule has 2 amide bonds. The van der Waals surface area contributed by atoms with E-state index < -0.39 is 5.97 Å². The average molecular weight is 278 g/mol. The predicted octanol–water partition coefficient (Wildman–Crippen LogP) is 1.36. The Morgan fingerprint density at radius 2 is 2.05 bits per heavy atom. The molecule has 20 heavy (non-hydrogen) atoms. The van der Waals surface area contributed by atoms with Crippen molar-refractivity contribution in [3.05, 3.63) is 35.4 Å². The second kappa shape index (κ2) is 6.91. The van der Waals surface area contributed by atoms with Crippen LogP contribution in [0.5, 0.6) is 0 Å². The molecule has 0 spiro atoms. The van der Waals surface area contributed by atoms with Crippen molar-refractivity contribution < 1.29 is 19.4 Å². The number of carboxylic acids is 1. The Kier molecular flexibility index (Phi) is 4.95. The largest absolute Gasteiger partial charge is 0.478 e. The molecular formula is C14H18N2O4. The van der Waals surface area contributed by atoms with Gasteiger partial charge in [0.2, 0.25) is 0 Å². The van der Waals surface area contributed by atoms with Crippen LogP contribution in [0.25, 0.3) is 0 Å². The third kappa shape index (κ3) is 4.24. The van der Waals surface area contributed by atoms with Crippen LogP contribution in [0.1, 0.15) is 28.8 Å². The second-order valence-electron chi connectivity index (χ2n) is 4.74. The molecule has 1 fully saturated rings. The number of carbonyl (C=O) groups excluding carboxylic acids is 1. The van der Waals surface area contributed by atoms with Gasteiger partial charge in [0.05, 0.1) is 18.2 Å².